The number of nitrogens with one attached hydrogen (secondary N) is 1. The number of thiazole rings is 2. The molecule has 3 aliphatic heterocycles. The van der Waals surface area contributed by atoms with Crippen LogP contribution in [0.2, 0.25) is 0 Å². The minimum atomic E-state index is -0.577. The summed E-state index contributed by atoms with van der Waals surface area (Å²) in [4.78, 5) is 106. The Balaban J connectivity index is 0.000000250. The molecule has 0 aromatic carbocycles. The lowest BCUT2D eigenvalue weighted by Crippen LogP contribution is -2.37. The van der Waals surface area contributed by atoms with Gasteiger partial charge < -0.3 is 78.9 Å². The third-order valence-electron chi connectivity index (χ3n) is 14.5. The molecule has 0 saturated carbocycles. The van der Waals surface area contributed by atoms with Crippen LogP contribution in [0.4, 0.5) is 51.0 Å². The highest BCUT2D eigenvalue weighted by molar-refractivity contribution is 7.18. The maximum absolute atomic E-state index is 10.5. The number of anilines is 1. The summed E-state index contributed by atoms with van der Waals surface area (Å²) in [6, 6.07) is 7.36. The van der Waals surface area contributed by atoms with Gasteiger partial charge in [0.2, 0.25) is 5.01 Å². The smallest absolute Gasteiger partial charge is 0.433 e. The van der Waals surface area contributed by atoms with Crippen LogP contribution in [0.1, 0.15) is 158 Å². The zero-order valence-electron chi connectivity index (χ0n) is 59.8. The molecule has 43 heteroatoms. The number of aromatic nitrogens is 10. The molecule has 3 aliphatic rings. The zero-order valence-corrected chi connectivity index (χ0v) is 61.5. The molecule has 3 atom stereocenters. The number of nitro groups is 8. The summed E-state index contributed by atoms with van der Waals surface area (Å²) in [7, 11) is 0. The lowest BCUT2D eigenvalue weighted by atomic mass is 9.93. The van der Waals surface area contributed by atoms with Crippen molar-refractivity contribution in [3.05, 3.63) is 164 Å². The molecular formula is C60H84N20O21S2. The van der Waals surface area contributed by atoms with Gasteiger partial charge in [-0.3, -0.25) is 49.0 Å². The molecule has 41 nitrogen and oxygen atoms in total. The van der Waals surface area contributed by atoms with Crippen molar-refractivity contribution in [1.82, 2.24) is 48.2 Å². The Labute approximate surface area is 596 Å². The average molecular weight is 1490 g/mol. The van der Waals surface area contributed by atoms with Gasteiger partial charge in [0.1, 0.15) is 58.3 Å². The number of rotatable bonds is 18. The van der Waals surface area contributed by atoms with Crippen LogP contribution in [-0.4, -0.2) is 124 Å². The summed E-state index contributed by atoms with van der Waals surface area (Å²) >= 11 is 2.38. The third-order valence-corrected chi connectivity index (χ3v) is 16.6. The van der Waals surface area contributed by atoms with Crippen molar-refractivity contribution >= 4 is 79.9 Å². The second-order valence-electron chi connectivity index (χ2n) is 25.4. The number of fused-ring (bicyclic) bond motifs is 3. The van der Waals surface area contributed by atoms with Crippen LogP contribution >= 0.6 is 22.7 Å². The summed E-state index contributed by atoms with van der Waals surface area (Å²) in [5.74, 6) is 2.93. The summed E-state index contributed by atoms with van der Waals surface area (Å²) < 4.78 is 32.9. The van der Waals surface area contributed by atoms with Gasteiger partial charge in [0, 0.05) is 58.3 Å². The van der Waals surface area contributed by atoms with E-state index in [-0.39, 0.29) is 87.5 Å². The van der Waals surface area contributed by atoms with Gasteiger partial charge >= 0.3 is 63.9 Å². The Kier molecular flexibility index (Phi) is 31.0. The molecule has 562 valence electrons. The van der Waals surface area contributed by atoms with Crippen molar-refractivity contribution in [3.8, 4) is 18.0 Å². The van der Waals surface area contributed by atoms with E-state index in [4.69, 9.17) is 23.0 Å². The predicted molar refractivity (Wildman–Crippen MR) is 376 cm³/mol. The number of imidazole rings is 4. The van der Waals surface area contributed by atoms with Gasteiger partial charge in [-0.25, -0.2) is 14.5 Å². The van der Waals surface area contributed by atoms with Crippen molar-refractivity contribution < 1.29 is 62.4 Å². The molecule has 0 spiro atoms. The fourth-order valence-corrected chi connectivity index (χ4v) is 10.1. The second-order valence-corrected chi connectivity index (χ2v) is 27.3. The molecule has 0 saturated heterocycles. The highest BCUT2D eigenvalue weighted by Gasteiger charge is 2.42. The van der Waals surface area contributed by atoms with Crippen LogP contribution < -0.4 is 19.5 Å². The summed E-state index contributed by atoms with van der Waals surface area (Å²) in [5, 5.41) is 88.6. The fourth-order valence-electron chi connectivity index (χ4n) is 8.56. The Hall–Kier alpha value is -11.3. The van der Waals surface area contributed by atoms with E-state index in [2.05, 4.69) is 67.9 Å². The van der Waals surface area contributed by atoms with E-state index in [0.29, 0.717) is 83.9 Å². The summed E-state index contributed by atoms with van der Waals surface area (Å²) in [6.45, 7) is 38.0. The van der Waals surface area contributed by atoms with Gasteiger partial charge in [-0.2, -0.15) is 0 Å². The van der Waals surface area contributed by atoms with Crippen LogP contribution in [0, 0.1) is 112 Å². The second kappa shape index (κ2) is 38.0. The number of furan rings is 2. The molecule has 103 heavy (non-hydrogen) atoms. The van der Waals surface area contributed by atoms with Gasteiger partial charge in [-0.05, 0) is 119 Å². The van der Waals surface area contributed by atoms with Crippen molar-refractivity contribution in [1.29, 1.82) is 0 Å². The van der Waals surface area contributed by atoms with Crippen LogP contribution in [0.25, 0.3) is 0 Å². The normalized spacial score (nSPS) is 15.1. The lowest BCUT2D eigenvalue weighted by Gasteiger charge is -2.25. The highest BCUT2D eigenvalue weighted by atomic mass is 32.1. The first-order valence-electron chi connectivity index (χ1n) is 31.8. The van der Waals surface area contributed by atoms with Gasteiger partial charge in [0.15, 0.2) is 16.7 Å². The molecule has 1 N–H and O–H groups in total. The Morgan fingerprint density at radius 2 is 1.15 bits per heavy atom. The largest absolute Gasteiger partial charge is 0.445 e. The van der Waals surface area contributed by atoms with E-state index < -0.39 is 39.4 Å². The van der Waals surface area contributed by atoms with Crippen molar-refractivity contribution in [2.45, 2.75) is 186 Å². The number of aliphatic imine (C=N–C) groups is 1. The van der Waals surface area contributed by atoms with E-state index in [1.807, 2.05) is 90.0 Å². The average Bonchev–Trinajstić information content (AvgIpc) is 1.63. The maximum atomic E-state index is 10.5. The maximum Gasteiger partial charge on any atom is 0.433 e. The first kappa shape index (κ1) is 84.1. The van der Waals surface area contributed by atoms with Crippen molar-refractivity contribution in [2.75, 3.05) is 11.9 Å². The van der Waals surface area contributed by atoms with Crippen LogP contribution in [0.5, 0.6) is 18.0 Å². The van der Waals surface area contributed by atoms with E-state index >= 15 is 0 Å². The minimum absolute atomic E-state index is 0.0429. The summed E-state index contributed by atoms with van der Waals surface area (Å²) in [6.07, 6.45) is 8.38. The first-order valence-corrected chi connectivity index (χ1v) is 33.5. The number of ether oxygens (including phenoxy) is 3. The molecule has 8 aromatic heterocycles. The standard InChI is InChI=1S/2C9H13N3O3.C8H11N3O3.C8H10N2O3.C7H11N3O2.C7H9NO3.C6H9N3O2S.C6H8N2O2S/c1-6(2)9(3)5-11-4-7(12(13)14)10-8(11)15-9;1-6(2)7-3-11-4-8(12(13)14)10-9(11)15-5-7;1-5(2)6-3-10-4-7(11(12)13)9-8(10)14-6;1-6(2)9-5-7-3-4-8(13-7)10(11)12;1-5(2)9-6(3)8-4-7(9)10(11)12;1-5(2)6-3-4-7(11-6)8(9)10;1-4(2)8-6-7-3-5(12-6)9(10)11;1-4(2)6-7-5(3-11-6)8(9)10/h4,6H,5H2,1-3H3;4,6-7H,3,5H2,1-2H3;4-6H,3H2,1-2H3;3-6H,1-2H3;4-5H,1-3H3;3-5H,1-2H3;3-4H,1-2H3,(H,7,8);3-4H,1-2H3. The van der Waals surface area contributed by atoms with Gasteiger partial charge in [0.25, 0.3) is 0 Å². The number of hydrogen-bond donors (Lipinski definition) is 1. The monoisotopic (exact) mass is 1480 g/mol. The highest BCUT2D eigenvalue weighted by Crippen LogP contribution is 2.36. The van der Waals surface area contributed by atoms with E-state index in [1.165, 1.54) is 72.1 Å². The van der Waals surface area contributed by atoms with Crippen LogP contribution in [0.15, 0.2) is 74.5 Å². The quantitative estimate of drug-likeness (QED) is 0.0473. The fraction of sp³-hybridized carbons (Fsp3) is 0.550. The van der Waals surface area contributed by atoms with E-state index in [9.17, 15) is 80.9 Å². The van der Waals surface area contributed by atoms with Crippen LogP contribution in [0.3, 0.4) is 0 Å². The molecule has 0 radical (unpaired) electrons. The molecule has 3 unspecified atom stereocenters. The SMILES string of the molecule is CC(C)C1(C)Cn2cc([N+](=O)[O-])nc2O1.CC(C)C1COc2nc([N+](=O)[O-])cn2C1.CC(C)C1Cn2cc([N+](=O)[O-])nc2O1.CC(C)N=Cc1ccc([N+](=O)[O-])o1.CC(C)Nc1ncc([N+](=O)[O-])s1.CC(C)c1ccc([N+](=O)[O-])o1.CC(C)c1nc([N+](=O)[O-])cs1.Cc1ncc([N+](=O)[O-])n1C(C)C. The minimum Gasteiger partial charge on any atom is -0.445 e. The summed E-state index contributed by atoms with van der Waals surface area (Å²) in [5.41, 5.74) is -0.308. The Morgan fingerprint density at radius 1 is 0.602 bits per heavy atom. The van der Waals surface area contributed by atoms with Gasteiger partial charge in [0.05, 0.1) is 54.4 Å². The number of aryl methyl sites for hydroxylation is 1. The number of hydrogen-bond acceptors (Lipinski definition) is 31. The molecule has 11 heterocycles. The van der Waals surface area contributed by atoms with Gasteiger partial charge in [-0.15, -0.1) is 0 Å². The van der Waals surface area contributed by atoms with E-state index in [0.717, 1.165) is 22.9 Å². The van der Waals surface area contributed by atoms with E-state index in [1.54, 1.807) is 31.3 Å². The lowest BCUT2D eigenvalue weighted by molar-refractivity contribution is -0.402. The molecule has 0 aliphatic carbocycles. The molecular weight excluding hydrogens is 1400 g/mol. The topological polar surface area (TPSA) is 521 Å². The molecule has 0 amide bonds. The Morgan fingerprint density at radius 3 is 1.54 bits per heavy atom. The molecule has 8 aromatic rings. The third kappa shape index (κ3) is 25.4. The Bertz CT molecular complexity index is 4090. The molecule has 11 rings (SSSR count). The predicted octanol–water partition coefficient (Wildman–Crippen LogP) is 14.3. The van der Waals surface area contributed by atoms with Crippen molar-refractivity contribution in [3.63, 3.8) is 0 Å². The number of nitrogens with zero attached hydrogens (tertiary/aromatic N) is 19. The molecule has 0 bridgehead atoms. The van der Waals surface area contributed by atoms with Crippen LogP contribution in [-0.2, 0) is 19.6 Å². The zero-order chi connectivity index (χ0) is 77.7. The molecule has 0 fully saturated rings. The van der Waals surface area contributed by atoms with Gasteiger partial charge in [-0.1, -0.05) is 80.6 Å². The first-order chi connectivity index (χ1) is 48.0. The van der Waals surface area contributed by atoms with Crippen molar-refractivity contribution in [2.24, 2.45) is 28.7 Å².